The maximum absolute atomic E-state index is 11.6. The fourth-order valence-electron chi connectivity index (χ4n) is 1.08. The van der Waals surface area contributed by atoms with Gasteiger partial charge in [-0.1, -0.05) is 13.3 Å². The summed E-state index contributed by atoms with van der Waals surface area (Å²) in [5.41, 5.74) is 0. The summed E-state index contributed by atoms with van der Waals surface area (Å²) in [5, 5.41) is 0.168. The van der Waals surface area contributed by atoms with Gasteiger partial charge in [-0.3, -0.25) is 0 Å². The van der Waals surface area contributed by atoms with E-state index in [1.807, 2.05) is 6.92 Å². The Morgan fingerprint density at radius 2 is 2.23 bits per heavy atom. The van der Waals surface area contributed by atoms with E-state index >= 15 is 0 Å². The van der Waals surface area contributed by atoms with Gasteiger partial charge >= 0.3 is 0 Å². The lowest BCUT2D eigenvalue weighted by Crippen LogP contribution is -2.11. The zero-order chi connectivity index (χ0) is 9.90. The van der Waals surface area contributed by atoms with E-state index in [4.69, 9.17) is 0 Å². The highest BCUT2D eigenvalue weighted by Crippen LogP contribution is 2.08. The Morgan fingerprint density at radius 3 is 2.69 bits per heavy atom. The Balaban J connectivity index is 2.88. The third-order valence-electron chi connectivity index (χ3n) is 1.82. The van der Waals surface area contributed by atoms with Gasteiger partial charge in [0.05, 0.1) is 5.75 Å². The van der Waals surface area contributed by atoms with Gasteiger partial charge in [-0.15, -0.1) is 0 Å². The first-order valence-electron chi connectivity index (χ1n) is 4.28. The predicted octanol–water partition coefficient (Wildman–Crippen LogP) is 0.994. The first-order valence-corrected chi connectivity index (χ1v) is 5.93. The highest BCUT2D eigenvalue weighted by molar-refractivity contribution is 7.91. The molecule has 0 spiro atoms. The van der Waals surface area contributed by atoms with Crippen LogP contribution < -0.4 is 0 Å². The zero-order valence-electron chi connectivity index (χ0n) is 7.90. The molecule has 1 aromatic rings. The van der Waals surface area contributed by atoms with Crippen molar-refractivity contribution in [2.24, 2.45) is 7.05 Å². The lowest BCUT2D eigenvalue weighted by atomic mass is 10.4. The lowest BCUT2D eigenvalue weighted by Gasteiger charge is -2.02. The molecule has 5 heteroatoms. The number of hydrogen-bond acceptors (Lipinski definition) is 3. The van der Waals surface area contributed by atoms with Gasteiger partial charge in [0.1, 0.15) is 0 Å². The monoisotopic (exact) mass is 202 g/mol. The van der Waals surface area contributed by atoms with Gasteiger partial charge in [-0.2, -0.15) is 0 Å². The summed E-state index contributed by atoms with van der Waals surface area (Å²) in [6, 6.07) is 0. The quantitative estimate of drug-likeness (QED) is 0.731. The van der Waals surface area contributed by atoms with E-state index in [-0.39, 0.29) is 10.9 Å². The molecule has 0 fully saturated rings. The first kappa shape index (κ1) is 10.2. The minimum atomic E-state index is -3.16. The third-order valence-corrected chi connectivity index (χ3v) is 3.60. The maximum Gasteiger partial charge on any atom is 0.227 e. The predicted molar refractivity (Wildman–Crippen MR) is 50.2 cm³/mol. The summed E-state index contributed by atoms with van der Waals surface area (Å²) in [4.78, 5) is 3.82. The van der Waals surface area contributed by atoms with Crippen molar-refractivity contribution in [2.75, 3.05) is 5.75 Å². The van der Waals surface area contributed by atoms with Gasteiger partial charge in [0.25, 0.3) is 0 Å². The van der Waals surface area contributed by atoms with Gasteiger partial charge in [0.15, 0.2) is 0 Å². The van der Waals surface area contributed by atoms with Gasteiger partial charge < -0.3 is 4.57 Å². The molecule has 1 heterocycles. The molecule has 0 saturated heterocycles. The summed E-state index contributed by atoms with van der Waals surface area (Å²) in [6.07, 6.45) is 4.70. The second-order valence-corrected chi connectivity index (χ2v) is 5.00. The van der Waals surface area contributed by atoms with Crippen LogP contribution >= 0.6 is 0 Å². The third kappa shape index (κ3) is 2.30. The topological polar surface area (TPSA) is 52.0 Å². The van der Waals surface area contributed by atoms with E-state index < -0.39 is 9.84 Å². The molecule has 0 radical (unpaired) electrons. The van der Waals surface area contributed by atoms with Crippen molar-refractivity contribution < 1.29 is 8.42 Å². The number of aromatic nitrogens is 2. The number of rotatable bonds is 4. The molecule has 13 heavy (non-hydrogen) atoms. The van der Waals surface area contributed by atoms with E-state index in [0.29, 0.717) is 6.42 Å². The average Bonchev–Trinajstić information content (AvgIpc) is 2.48. The van der Waals surface area contributed by atoms with Crippen molar-refractivity contribution in [1.29, 1.82) is 0 Å². The van der Waals surface area contributed by atoms with E-state index in [1.54, 1.807) is 13.2 Å². The molecule has 1 aromatic heterocycles. The second-order valence-electron chi connectivity index (χ2n) is 2.99. The number of hydrogen-bond donors (Lipinski definition) is 0. The summed E-state index contributed by atoms with van der Waals surface area (Å²) in [5.74, 6) is 0.189. The van der Waals surface area contributed by atoms with Crippen LogP contribution in [-0.4, -0.2) is 23.7 Å². The van der Waals surface area contributed by atoms with Crippen LogP contribution in [0.2, 0.25) is 0 Å². The molecule has 0 aliphatic rings. The fraction of sp³-hybridized carbons (Fsp3) is 0.625. The summed E-state index contributed by atoms with van der Waals surface area (Å²) in [7, 11) is -1.47. The van der Waals surface area contributed by atoms with Crippen molar-refractivity contribution in [3.63, 3.8) is 0 Å². The molecule has 0 bridgehead atoms. The minimum absolute atomic E-state index is 0.168. The smallest absolute Gasteiger partial charge is 0.227 e. The summed E-state index contributed by atoms with van der Waals surface area (Å²) in [6.45, 7) is 1.97. The Bertz CT molecular complexity index is 367. The van der Waals surface area contributed by atoms with Crippen molar-refractivity contribution >= 4 is 9.84 Å². The molecule has 0 atom stereocenters. The summed E-state index contributed by atoms with van der Waals surface area (Å²) < 4.78 is 24.7. The van der Waals surface area contributed by atoms with Crippen LogP contribution in [0, 0.1) is 0 Å². The number of imidazole rings is 1. The van der Waals surface area contributed by atoms with E-state index in [9.17, 15) is 8.42 Å². The van der Waals surface area contributed by atoms with E-state index in [1.165, 1.54) is 10.8 Å². The molecule has 0 amide bonds. The van der Waals surface area contributed by atoms with Gasteiger partial charge in [-0.05, 0) is 6.42 Å². The molecular formula is C8H14N2O2S. The molecular weight excluding hydrogens is 188 g/mol. The highest BCUT2D eigenvalue weighted by atomic mass is 32.2. The standard InChI is InChI=1S/C8H14N2O2S/c1-3-4-7-13(11,12)8-9-5-6-10(8)2/h5-6H,3-4,7H2,1-2H3. The molecule has 4 nitrogen and oxygen atoms in total. The SMILES string of the molecule is CCCCS(=O)(=O)c1nccn1C. The largest absolute Gasteiger partial charge is 0.325 e. The van der Waals surface area contributed by atoms with Crippen LogP contribution in [0.1, 0.15) is 19.8 Å². The second kappa shape index (κ2) is 3.91. The Labute approximate surface area is 78.5 Å². The van der Waals surface area contributed by atoms with Crippen molar-refractivity contribution in [1.82, 2.24) is 9.55 Å². The van der Waals surface area contributed by atoms with E-state index in [2.05, 4.69) is 4.98 Å². The van der Waals surface area contributed by atoms with Gasteiger partial charge in [-0.25, -0.2) is 13.4 Å². The average molecular weight is 202 g/mol. The number of sulfone groups is 1. The highest BCUT2D eigenvalue weighted by Gasteiger charge is 2.17. The Hall–Kier alpha value is -0.840. The molecule has 1 rings (SSSR count). The molecule has 0 saturated carbocycles. The van der Waals surface area contributed by atoms with E-state index in [0.717, 1.165) is 6.42 Å². The van der Waals surface area contributed by atoms with Crippen LogP contribution in [0.4, 0.5) is 0 Å². The molecule has 0 unspecified atom stereocenters. The number of unbranched alkanes of at least 4 members (excludes halogenated alkanes) is 1. The van der Waals surface area contributed by atoms with Crippen molar-refractivity contribution in [3.8, 4) is 0 Å². The zero-order valence-corrected chi connectivity index (χ0v) is 8.71. The van der Waals surface area contributed by atoms with Gasteiger partial charge in [0, 0.05) is 19.4 Å². The molecule has 0 N–H and O–H groups in total. The van der Waals surface area contributed by atoms with Crippen LogP contribution in [0.3, 0.4) is 0 Å². The lowest BCUT2D eigenvalue weighted by molar-refractivity contribution is 0.576. The van der Waals surface area contributed by atoms with Crippen LogP contribution in [0.15, 0.2) is 17.6 Å². The molecule has 0 aliphatic carbocycles. The van der Waals surface area contributed by atoms with Crippen LogP contribution in [0.25, 0.3) is 0 Å². The number of aryl methyl sites for hydroxylation is 1. The number of nitrogens with zero attached hydrogens (tertiary/aromatic N) is 2. The van der Waals surface area contributed by atoms with Crippen LogP contribution in [0.5, 0.6) is 0 Å². The Morgan fingerprint density at radius 1 is 1.54 bits per heavy atom. The van der Waals surface area contributed by atoms with Crippen molar-refractivity contribution in [2.45, 2.75) is 24.9 Å². The normalized spacial score (nSPS) is 11.8. The fourth-order valence-corrected chi connectivity index (χ4v) is 2.65. The maximum atomic E-state index is 11.6. The summed E-state index contributed by atoms with van der Waals surface area (Å²) >= 11 is 0. The molecule has 0 aliphatic heterocycles. The Kier molecular flexibility index (Phi) is 3.08. The minimum Gasteiger partial charge on any atom is -0.325 e. The van der Waals surface area contributed by atoms with Gasteiger partial charge in [0.2, 0.25) is 15.0 Å². The van der Waals surface area contributed by atoms with Crippen molar-refractivity contribution in [3.05, 3.63) is 12.4 Å². The molecule has 0 aromatic carbocycles. The van der Waals surface area contributed by atoms with Crippen LogP contribution in [-0.2, 0) is 16.9 Å². The first-order chi connectivity index (χ1) is 6.08. The molecule has 74 valence electrons.